The molecule has 0 atom stereocenters. The van der Waals surface area contributed by atoms with Crippen molar-refractivity contribution in [1.29, 1.82) is 0 Å². The highest BCUT2D eigenvalue weighted by Gasteiger charge is 2.08. The van der Waals surface area contributed by atoms with E-state index >= 15 is 0 Å². The van der Waals surface area contributed by atoms with Crippen LogP contribution in [-0.2, 0) is 0 Å². The number of hydrogen-bond acceptors (Lipinski definition) is 2. The zero-order valence-electron chi connectivity index (χ0n) is 11.8. The third-order valence-corrected chi connectivity index (χ3v) is 3.51. The molecule has 2 aromatic rings. The number of aromatic nitrogens is 1. The largest absolute Gasteiger partial charge is 0.321 e. The average molecular weight is 289 g/mol. The van der Waals surface area contributed by atoms with E-state index in [9.17, 15) is 4.79 Å². The number of hydrogen-bond donors (Lipinski definition) is 1. The normalized spacial score (nSPS) is 10.7. The van der Waals surface area contributed by atoms with Gasteiger partial charge in [-0.2, -0.15) is 0 Å². The number of nitrogens with one attached hydrogen (secondary N) is 1. The van der Waals surface area contributed by atoms with Crippen molar-refractivity contribution < 1.29 is 4.79 Å². The number of carbonyl (C=O) groups excluding carboxylic acids is 1. The second-order valence-electron chi connectivity index (χ2n) is 5.06. The summed E-state index contributed by atoms with van der Waals surface area (Å²) in [5.74, 6) is 0.305. The molecule has 0 saturated heterocycles. The van der Waals surface area contributed by atoms with Gasteiger partial charge >= 0.3 is 0 Å². The molecule has 1 heterocycles. The first-order chi connectivity index (χ1) is 9.47. The first-order valence-electron chi connectivity index (χ1n) is 6.51. The van der Waals surface area contributed by atoms with Crippen molar-refractivity contribution >= 4 is 23.2 Å². The van der Waals surface area contributed by atoms with Crippen molar-refractivity contribution in [2.24, 2.45) is 0 Å². The lowest BCUT2D eigenvalue weighted by molar-refractivity contribution is 0.102. The molecular formula is C16H17ClN2O. The summed E-state index contributed by atoms with van der Waals surface area (Å²) < 4.78 is 0. The average Bonchev–Trinajstić information content (AvgIpc) is 2.43. The number of nitrogens with zero attached hydrogens (tertiary/aromatic N) is 1. The molecule has 0 aliphatic carbocycles. The Kier molecular flexibility index (Phi) is 4.40. The molecule has 1 aromatic carbocycles. The molecule has 2 rings (SSSR count). The van der Waals surface area contributed by atoms with E-state index in [2.05, 4.69) is 24.1 Å². The number of halogens is 1. The Balaban J connectivity index is 2.13. The summed E-state index contributed by atoms with van der Waals surface area (Å²) in [7, 11) is 0. The van der Waals surface area contributed by atoms with Crippen LogP contribution in [0.25, 0.3) is 0 Å². The highest BCUT2D eigenvalue weighted by Crippen LogP contribution is 2.18. The van der Waals surface area contributed by atoms with E-state index in [-0.39, 0.29) is 5.91 Å². The highest BCUT2D eigenvalue weighted by atomic mass is 35.5. The van der Waals surface area contributed by atoms with Gasteiger partial charge in [-0.05, 0) is 42.2 Å². The maximum Gasteiger partial charge on any atom is 0.255 e. The minimum absolute atomic E-state index is 0.149. The van der Waals surface area contributed by atoms with Crippen molar-refractivity contribution in [1.82, 2.24) is 4.98 Å². The highest BCUT2D eigenvalue weighted by molar-refractivity contribution is 6.30. The summed E-state index contributed by atoms with van der Waals surface area (Å²) in [5, 5.41) is 3.26. The Morgan fingerprint density at radius 3 is 2.45 bits per heavy atom. The van der Waals surface area contributed by atoms with Gasteiger partial charge < -0.3 is 5.32 Å². The number of rotatable bonds is 3. The Labute approximate surface area is 124 Å². The number of aryl methyl sites for hydroxylation is 1. The minimum Gasteiger partial charge on any atom is -0.321 e. The first-order valence-corrected chi connectivity index (χ1v) is 6.88. The second kappa shape index (κ2) is 6.06. The number of anilines is 1. The van der Waals surface area contributed by atoms with Crippen LogP contribution < -0.4 is 5.32 Å². The molecular weight excluding hydrogens is 272 g/mol. The lowest BCUT2D eigenvalue weighted by Gasteiger charge is -2.08. The summed E-state index contributed by atoms with van der Waals surface area (Å²) in [6.45, 7) is 6.09. The molecule has 0 saturated carbocycles. The van der Waals surface area contributed by atoms with E-state index in [1.165, 1.54) is 5.56 Å². The van der Waals surface area contributed by atoms with E-state index in [1.807, 2.05) is 31.2 Å². The quantitative estimate of drug-likeness (QED) is 0.850. The molecule has 0 aliphatic rings. The maximum atomic E-state index is 12.1. The van der Waals surface area contributed by atoms with Crippen LogP contribution in [0.15, 0.2) is 36.5 Å². The van der Waals surface area contributed by atoms with Crippen molar-refractivity contribution in [2.75, 3.05) is 5.32 Å². The molecule has 0 radical (unpaired) electrons. The van der Waals surface area contributed by atoms with Crippen LogP contribution in [0.5, 0.6) is 0 Å². The molecule has 4 heteroatoms. The summed E-state index contributed by atoms with van der Waals surface area (Å²) in [6, 6.07) is 9.42. The van der Waals surface area contributed by atoms with Gasteiger partial charge in [0.25, 0.3) is 5.91 Å². The van der Waals surface area contributed by atoms with E-state index < -0.39 is 0 Å². The van der Waals surface area contributed by atoms with Crippen molar-refractivity contribution in [2.45, 2.75) is 26.7 Å². The predicted molar refractivity (Wildman–Crippen MR) is 82.5 cm³/mol. The topological polar surface area (TPSA) is 42.0 Å². The summed E-state index contributed by atoms with van der Waals surface area (Å²) in [6.07, 6.45) is 1.55. The number of carbonyl (C=O) groups is 1. The molecule has 104 valence electrons. The molecule has 0 unspecified atom stereocenters. The molecule has 20 heavy (non-hydrogen) atoms. The maximum absolute atomic E-state index is 12.1. The summed E-state index contributed by atoms with van der Waals surface area (Å²) in [5.41, 5.74) is 3.32. The van der Waals surface area contributed by atoms with Crippen LogP contribution in [0.1, 0.15) is 41.3 Å². The van der Waals surface area contributed by atoms with Crippen LogP contribution >= 0.6 is 11.6 Å². The second-order valence-corrected chi connectivity index (χ2v) is 5.42. The van der Waals surface area contributed by atoms with Gasteiger partial charge in [0.2, 0.25) is 0 Å². The van der Waals surface area contributed by atoms with Gasteiger partial charge in [0.15, 0.2) is 0 Å². The van der Waals surface area contributed by atoms with E-state index in [1.54, 1.807) is 12.3 Å². The first kappa shape index (κ1) is 14.5. The third kappa shape index (κ3) is 3.36. The monoisotopic (exact) mass is 288 g/mol. The smallest absolute Gasteiger partial charge is 0.255 e. The number of pyridine rings is 1. The zero-order chi connectivity index (χ0) is 14.7. The van der Waals surface area contributed by atoms with Gasteiger partial charge in [-0.1, -0.05) is 37.6 Å². The number of benzene rings is 1. The van der Waals surface area contributed by atoms with Gasteiger partial charge in [0, 0.05) is 5.56 Å². The van der Waals surface area contributed by atoms with Crippen LogP contribution in [-0.4, -0.2) is 10.9 Å². The van der Waals surface area contributed by atoms with Crippen LogP contribution in [0.3, 0.4) is 0 Å². The Morgan fingerprint density at radius 1 is 1.25 bits per heavy atom. The molecule has 3 nitrogen and oxygen atoms in total. The van der Waals surface area contributed by atoms with Crippen LogP contribution in [0.4, 0.5) is 5.69 Å². The van der Waals surface area contributed by atoms with Crippen LogP contribution in [0.2, 0.25) is 5.15 Å². The molecule has 0 aliphatic heterocycles. The van der Waals surface area contributed by atoms with E-state index in [0.717, 1.165) is 5.56 Å². The van der Waals surface area contributed by atoms with Crippen molar-refractivity contribution in [3.8, 4) is 0 Å². The fourth-order valence-corrected chi connectivity index (χ4v) is 1.95. The van der Waals surface area contributed by atoms with Gasteiger partial charge in [-0.3, -0.25) is 4.79 Å². The van der Waals surface area contributed by atoms with Crippen molar-refractivity contribution in [3.63, 3.8) is 0 Å². The fraction of sp³-hybridized carbons (Fsp3) is 0.250. The van der Waals surface area contributed by atoms with Crippen molar-refractivity contribution in [3.05, 3.63) is 58.4 Å². The molecule has 1 amide bonds. The summed E-state index contributed by atoms with van der Waals surface area (Å²) in [4.78, 5) is 16.1. The van der Waals surface area contributed by atoms with Gasteiger partial charge in [0.05, 0.1) is 11.9 Å². The summed E-state index contributed by atoms with van der Waals surface area (Å²) >= 11 is 5.86. The number of amides is 1. The predicted octanol–water partition coefficient (Wildman–Crippen LogP) is 4.42. The minimum atomic E-state index is -0.149. The standard InChI is InChI=1S/C16H17ClN2O/c1-10(2)12-4-6-13(7-5-12)16(20)19-14-8-11(3)15(17)18-9-14/h4-10H,1-3H3,(H,19,20). The Morgan fingerprint density at radius 2 is 1.90 bits per heavy atom. The van der Waals surface area contributed by atoms with Gasteiger partial charge in [-0.25, -0.2) is 4.98 Å². The lowest BCUT2D eigenvalue weighted by Crippen LogP contribution is -2.12. The van der Waals surface area contributed by atoms with Gasteiger partial charge in [0.1, 0.15) is 5.15 Å². The molecule has 1 N–H and O–H groups in total. The molecule has 0 spiro atoms. The molecule has 0 fully saturated rings. The third-order valence-electron chi connectivity index (χ3n) is 3.11. The van der Waals surface area contributed by atoms with Gasteiger partial charge in [-0.15, -0.1) is 0 Å². The lowest BCUT2D eigenvalue weighted by atomic mass is 10.0. The molecule has 1 aromatic heterocycles. The fourth-order valence-electron chi connectivity index (χ4n) is 1.85. The Hall–Kier alpha value is -1.87. The SMILES string of the molecule is Cc1cc(NC(=O)c2ccc(C(C)C)cc2)cnc1Cl. The zero-order valence-corrected chi connectivity index (χ0v) is 12.5. The van der Waals surface area contributed by atoms with E-state index in [0.29, 0.717) is 22.3 Å². The Bertz CT molecular complexity index is 621. The molecule has 0 bridgehead atoms. The van der Waals surface area contributed by atoms with E-state index in [4.69, 9.17) is 11.6 Å². The van der Waals surface area contributed by atoms with Crippen LogP contribution in [0, 0.1) is 6.92 Å².